The maximum absolute atomic E-state index is 12.4. The molecule has 4 aromatic rings. The number of hydrogen-bond donors (Lipinski definition) is 1. The Hall–Kier alpha value is -2.88. The van der Waals surface area contributed by atoms with Crippen molar-refractivity contribution in [2.24, 2.45) is 0 Å². The van der Waals surface area contributed by atoms with Gasteiger partial charge < -0.3 is 10.1 Å². The Balaban J connectivity index is 1.49. The number of rotatable bonds is 6. The Morgan fingerprint density at radius 1 is 1.27 bits per heavy atom. The number of anilines is 1. The average molecular weight is 459 g/mol. The molecule has 152 valence electrons. The van der Waals surface area contributed by atoms with Crippen molar-refractivity contribution in [1.29, 1.82) is 0 Å². The van der Waals surface area contributed by atoms with Crippen molar-refractivity contribution < 1.29 is 14.3 Å². The lowest BCUT2D eigenvalue weighted by Gasteiger charge is -2.06. The van der Waals surface area contributed by atoms with Gasteiger partial charge in [0.05, 0.1) is 29.8 Å². The lowest BCUT2D eigenvalue weighted by atomic mass is 10.1. The number of amides is 1. The number of hydrogen-bond acceptors (Lipinski definition) is 7. The zero-order valence-electron chi connectivity index (χ0n) is 15.7. The first kappa shape index (κ1) is 20.4. The normalized spacial score (nSPS) is 10.9. The SMILES string of the molecule is COC(=O)c1sccc1NC(=O)CSc1nccn2nc(-c3ccc(Cl)cc3)cc12. The number of carbonyl (C=O) groups is 2. The van der Waals surface area contributed by atoms with Crippen LogP contribution in [-0.4, -0.2) is 39.3 Å². The quantitative estimate of drug-likeness (QED) is 0.335. The van der Waals surface area contributed by atoms with Gasteiger partial charge in [-0.3, -0.25) is 4.79 Å². The van der Waals surface area contributed by atoms with Gasteiger partial charge in [0.1, 0.15) is 9.90 Å². The van der Waals surface area contributed by atoms with Gasteiger partial charge in [-0.1, -0.05) is 35.5 Å². The number of fused-ring (bicyclic) bond motifs is 1. The van der Waals surface area contributed by atoms with E-state index in [1.807, 2.05) is 30.3 Å². The molecule has 0 fully saturated rings. The molecule has 10 heteroatoms. The van der Waals surface area contributed by atoms with E-state index in [1.54, 1.807) is 28.4 Å². The fourth-order valence-corrected chi connectivity index (χ4v) is 4.42. The number of benzene rings is 1. The molecule has 3 heterocycles. The Morgan fingerprint density at radius 3 is 2.83 bits per heavy atom. The number of methoxy groups -OCH3 is 1. The molecule has 3 aromatic heterocycles. The van der Waals surface area contributed by atoms with E-state index < -0.39 is 5.97 Å². The van der Waals surface area contributed by atoms with E-state index in [4.69, 9.17) is 16.3 Å². The molecule has 1 N–H and O–H groups in total. The second-order valence-corrected chi connectivity index (χ2v) is 8.41. The van der Waals surface area contributed by atoms with Gasteiger partial charge in [0.15, 0.2) is 0 Å². The number of ether oxygens (including phenoxy) is 1. The third-order valence-corrected chi connectivity index (χ3v) is 6.29. The van der Waals surface area contributed by atoms with Crippen molar-refractivity contribution in [1.82, 2.24) is 14.6 Å². The van der Waals surface area contributed by atoms with E-state index in [0.717, 1.165) is 16.8 Å². The van der Waals surface area contributed by atoms with E-state index in [2.05, 4.69) is 15.4 Å². The number of nitrogens with one attached hydrogen (secondary N) is 1. The zero-order chi connectivity index (χ0) is 21.1. The summed E-state index contributed by atoms with van der Waals surface area (Å²) >= 11 is 8.46. The van der Waals surface area contributed by atoms with E-state index in [-0.39, 0.29) is 11.7 Å². The van der Waals surface area contributed by atoms with Gasteiger partial charge in [0, 0.05) is 23.0 Å². The van der Waals surface area contributed by atoms with Crippen LogP contribution in [0.4, 0.5) is 5.69 Å². The zero-order valence-corrected chi connectivity index (χ0v) is 18.1. The summed E-state index contributed by atoms with van der Waals surface area (Å²) in [5.74, 6) is -0.594. The van der Waals surface area contributed by atoms with Gasteiger partial charge in [0.2, 0.25) is 5.91 Å². The van der Waals surface area contributed by atoms with Gasteiger partial charge in [-0.25, -0.2) is 14.3 Å². The first-order valence-corrected chi connectivity index (χ1v) is 11.0. The van der Waals surface area contributed by atoms with Crippen molar-refractivity contribution in [2.75, 3.05) is 18.2 Å². The fraction of sp³-hybridized carbons (Fsp3) is 0.100. The lowest BCUT2D eigenvalue weighted by Crippen LogP contribution is -2.16. The number of esters is 1. The molecule has 0 bridgehead atoms. The summed E-state index contributed by atoms with van der Waals surface area (Å²) in [7, 11) is 1.31. The van der Waals surface area contributed by atoms with Crippen LogP contribution in [0.15, 0.2) is 59.2 Å². The van der Waals surface area contributed by atoms with Crippen molar-refractivity contribution in [2.45, 2.75) is 5.03 Å². The second-order valence-electron chi connectivity index (χ2n) is 6.09. The molecule has 7 nitrogen and oxygen atoms in total. The lowest BCUT2D eigenvalue weighted by molar-refractivity contribution is -0.113. The van der Waals surface area contributed by atoms with Gasteiger partial charge in [-0.15, -0.1) is 11.3 Å². The molecule has 0 atom stereocenters. The van der Waals surface area contributed by atoms with Crippen molar-refractivity contribution in [3.63, 3.8) is 0 Å². The Labute approximate surface area is 185 Å². The summed E-state index contributed by atoms with van der Waals surface area (Å²) in [4.78, 5) is 28.9. The number of aromatic nitrogens is 3. The third-order valence-electron chi connectivity index (χ3n) is 4.14. The van der Waals surface area contributed by atoms with Gasteiger partial charge in [-0.2, -0.15) is 5.10 Å². The van der Waals surface area contributed by atoms with Crippen LogP contribution in [0.25, 0.3) is 16.8 Å². The molecule has 1 amide bonds. The number of thioether (sulfide) groups is 1. The minimum atomic E-state index is -0.478. The largest absolute Gasteiger partial charge is 0.465 e. The Bertz CT molecular complexity index is 1220. The molecule has 0 aliphatic carbocycles. The van der Waals surface area contributed by atoms with Crippen LogP contribution < -0.4 is 5.32 Å². The standard InChI is InChI=1S/C20H15ClN4O3S2/c1-28-20(27)18-14(6-9-29-18)23-17(26)11-30-19-16-10-15(24-25(16)8-7-22-19)12-2-4-13(21)5-3-12/h2-10H,11H2,1H3,(H,23,26). The molecule has 0 saturated heterocycles. The van der Waals surface area contributed by atoms with E-state index in [9.17, 15) is 9.59 Å². The number of carbonyl (C=O) groups excluding carboxylic acids is 2. The molecule has 0 unspecified atom stereocenters. The topological polar surface area (TPSA) is 85.6 Å². The van der Waals surface area contributed by atoms with Gasteiger partial charge in [0.25, 0.3) is 0 Å². The Morgan fingerprint density at radius 2 is 2.07 bits per heavy atom. The molecule has 0 saturated carbocycles. The summed E-state index contributed by atoms with van der Waals surface area (Å²) in [5.41, 5.74) is 2.96. The highest BCUT2D eigenvalue weighted by atomic mass is 35.5. The molecule has 0 aliphatic heterocycles. The first-order chi connectivity index (χ1) is 14.5. The highest BCUT2D eigenvalue weighted by Crippen LogP contribution is 2.28. The monoisotopic (exact) mass is 458 g/mol. The van der Waals surface area contributed by atoms with Gasteiger partial charge in [-0.05, 0) is 29.6 Å². The molecule has 0 radical (unpaired) electrons. The number of thiophene rings is 1. The fourth-order valence-electron chi connectivity index (χ4n) is 2.75. The van der Waals surface area contributed by atoms with Crippen LogP contribution in [0.1, 0.15) is 9.67 Å². The van der Waals surface area contributed by atoms with Crippen molar-refractivity contribution >= 4 is 57.8 Å². The smallest absolute Gasteiger partial charge is 0.350 e. The summed E-state index contributed by atoms with van der Waals surface area (Å²) < 4.78 is 6.46. The van der Waals surface area contributed by atoms with Crippen LogP contribution >= 0.6 is 34.7 Å². The van der Waals surface area contributed by atoms with Crippen LogP contribution in [-0.2, 0) is 9.53 Å². The minimum absolute atomic E-state index is 0.130. The summed E-state index contributed by atoms with van der Waals surface area (Å²) in [6, 6.07) is 11.0. The van der Waals surface area contributed by atoms with E-state index in [0.29, 0.717) is 20.6 Å². The second kappa shape index (κ2) is 8.86. The highest BCUT2D eigenvalue weighted by molar-refractivity contribution is 8.00. The molecule has 4 rings (SSSR count). The predicted molar refractivity (Wildman–Crippen MR) is 118 cm³/mol. The minimum Gasteiger partial charge on any atom is -0.465 e. The molecule has 0 spiro atoms. The van der Waals surface area contributed by atoms with Crippen LogP contribution in [0, 0.1) is 0 Å². The molecular formula is C20H15ClN4O3S2. The maximum atomic E-state index is 12.4. The Kier molecular flexibility index (Phi) is 6.03. The molecule has 1 aromatic carbocycles. The van der Waals surface area contributed by atoms with Crippen LogP contribution in [0.5, 0.6) is 0 Å². The summed E-state index contributed by atoms with van der Waals surface area (Å²) in [6.07, 6.45) is 3.40. The van der Waals surface area contributed by atoms with Crippen LogP contribution in [0.2, 0.25) is 5.02 Å². The number of nitrogens with zero attached hydrogens (tertiary/aromatic N) is 3. The average Bonchev–Trinajstić information content (AvgIpc) is 3.39. The maximum Gasteiger partial charge on any atom is 0.350 e. The highest BCUT2D eigenvalue weighted by Gasteiger charge is 2.16. The van der Waals surface area contributed by atoms with E-state index in [1.165, 1.54) is 30.2 Å². The molecule has 0 aliphatic rings. The number of halogens is 1. The van der Waals surface area contributed by atoms with Crippen LogP contribution in [0.3, 0.4) is 0 Å². The van der Waals surface area contributed by atoms with E-state index >= 15 is 0 Å². The first-order valence-electron chi connectivity index (χ1n) is 8.74. The summed E-state index contributed by atoms with van der Waals surface area (Å²) in [6.45, 7) is 0. The van der Waals surface area contributed by atoms with Crippen molar-refractivity contribution in [3.05, 3.63) is 64.1 Å². The molecular weight excluding hydrogens is 444 g/mol. The predicted octanol–water partition coefficient (Wildman–Crippen LogP) is 4.63. The van der Waals surface area contributed by atoms with Crippen molar-refractivity contribution in [3.8, 4) is 11.3 Å². The van der Waals surface area contributed by atoms with Gasteiger partial charge >= 0.3 is 5.97 Å². The molecule has 30 heavy (non-hydrogen) atoms. The third kappa shape index (κ3) is 4.33. The summed E-state index contributed by atoms with van der Waals surface area (Å²) in [5, 5.41) is 10.4.